The Morgan fingerprint density at radius 3 is 2.71 bits per heavy atom. The number of carbonyl (C=O) groups excluding carboxylic acids is 1. The van der Waals surface area contributed by atoms with E-state index in [0.717, 1.165) is 18.4 Å². The van der Waals surface area contributed by atoms with Crippen molar-refractivity contribution in [1.82, 2.24) is 5.32 Å². The lowest BCUT2D eigenvalue weighted by Crippen LogP contribution is -2.36. The number of benzene rings is 2. The van der Waals surface area contributed by atoms with E-state index in [0.29, 0.717) is 17.2 Å². The van der Waals surface area contributed by atoms with Crippen molar-refractivity contribution in [3.05, 3.63) is 48.0 Å². The number of rotatable bonds is 5. The van der Waals surface area contributed by atoms with Gasteiger partial charge in [-0.25, -0.2) is 4.79 Å². The van der Waals surface area contributed by atoms with Gasteiger partial charge >= 0.3 is 6.03 Å². The van der Waals surface area contributed by atoms with Crippen molar-refractivity contribution < 1.29 is 19.4 Å². The molecule has 1 heterocycles. The summed E-state index contributed by atoms with van der Waals surface area (Å²) in [6.07, 6.45) is 1.63. The number of aryl methyl sites for hydroxylation is 1. The summed E-state index contributed by atoms with van der Waals surface area (Å²) in [5, 5.41) is 15.0. The first-order valence-corrected chi connectivity index (χ1v) is 7.85. The van der Waals surface area contributed by atoms with Crippen molar-refractivity contribution in [3.63, 3.8) is 0 Å². The number of aromatic hydroxyl groups is 1. The van der Waals surface area contributed by atoms with Crippen LogP contribution in [0.5, 0.6) is 17.2 Å². The number of phenolic OH excluding ortho intramolecular Hbond substituents is 1. The molecule has 6 nitrogen and oxygen atoms in total. The van der Waals surface area contributed by atoms with Gasteiger partial charge in [-0.05, 0) is 49.6 Å². The van der Waals surface area contributed by atoms with Crippen LogP contribution in [0.2, 0.25) is 0 Å². The van der Waals surface area contributed by atoms with Gasteiger partial charge in [0.1, 0.15) is 5.75 Å². The maximum atomic E-state index is 12.1. The quantitative estimate of drug-likeness (QED) is 0.787. The van der Waals surface area contributed by atoms with E-state index in [1.165, 1.54) is 0 Å². The number of phenols is 1. The number of anilines is 1. The van der Waals surface area contributed by atoms with Gasteiger partial charge in [0.25, 0.3) is 0 Å². The van der Waals surface area contributed by atoms with E-state index in [-0.39, 0.29) is 24.6 Å². The molecule has 0 aliphatic carbocycles. The molecule has 1 unspecified atom stereocenters. The molecule has 0 saturated heterocycles. The van der Waals surface area contributed by atoms with Gasteiger partial charge in [0, 0.05) is 17.8 Å². The Morgan fingerprint density at radius 1 is 1.17 bits per heavy atom. The van der Waals surface area contributed by atoms with Crippen LogP contribution in [0.25, 0.3) is 0 Å². The molecule has 126 valence electrons. The standard InChI is InChI=1S/C18H20N2O4/c1-12(2-3-13-4-7-15(21)8-5-13)19-18(22)20-14-6-9-16-17(10-14)24-11-23-16/h4-10,12,21H,2-3,11H2,1H3,(H2,19,20,22). The fourth-order valence-electron chi connectivity index (χ4n) is 2.48. The smallest absolute Gasteiger partial charge is 0.319 e. The summed E-state index contributed by atoms with van der Waals surface area (Å²) in [6, 6.07) is 12.1. The van der Waals surface area contributed by atoms with Crippen LogP contribution in [0, 0.1) is 0 Å². The molecular formula is C18H20N2O4. The van der Waals surface area contributed by atoms with E-state index < -0.39 is 0 Å². The topological polar surface area (TPSA) is 79.8 Å². The van der Waals surface area contributed by atoms with Crippen molar-refractivity contribution in [2.75, 3.05) is 12.1 Å². The largest absolute Gasteiger partial charge is 0.508 e. The van der Waals surface area contributed by atoms with E-state index in [1.807, 2.05) is 19.1 Å². The third kappa shape index (κ3) is 4.10. The summed E-state index contributed by atoms with van der Waals surface area (Å²) in [7, 11) is 0. The van der Waals surface area contributed by atoms with E-state index in [9.17, 15) is 9.90 Å². The Labute approximate surface area is 140 Å². The lowest BCUT2D eigenvalue weighted by atomic mass is 10.1. The van der Waals surface area contributed by atoms with E-state index in [1.54, 1.807) is 30.3 Å². The molecule has 0 fully saturated rings. The second kappa shape index (κ2) is 7.12. The Kier molecular flexibility index (Phi) is 4.74. The number of hydrogen-bond acceptors (Lipinski definition) is 4. The predicted molar refractivity (Wildman–Crippen MR) is 90.6 cm³/mol. The third-order valence-corrected chi connectivity index (χ3v) is 3.81. The number of carbonyl (C=O) groups is 1. The molecule has 6 heteroatoms. The maximum Gasteiger partial charge on any atom is 0.319 e. The predicted octanol–water partition coefficient (Wildman–Crippen LogP) is 3.26. The van der Waals surface area contributed by atoms with Crippen LogP contribution in [0.1, 0.15) is 18.9 Å². The van der Waals surface area contributed by atoms with Gasteiger partial charge in [0.05, 0.1) is 0 Å². The first kappa shape index (κ1) is 16.0. The highest BCUT2D eigenvalue weighted by Gasteiger charge is 2.14. The fraction of sp³-hybridized carbons (Fsp3) is 0.278. The lowest BCUT2D eigenvalue weighted by Gasteiger charge is -2.15. The summed E-state index contributed by atoms with van der Waals surface area (Å²) in [4.78, 5) is 12.1. The minimum atomic E-state index is -0.257. The molecule has 2 aromatic carbocycles. The average Bonchev–Trinajstić information content (AvgIpc) is 3.02. The summed E-state index contributed by atoms with van der Waals surface area (Å²) in [5.41, 5.74) is 1.78. The van der Waals surface area contributed by atoms with Crippen LogP contribution in [-0.4, -0.2) is 24.0 Å². The highest BCUT2D eigenvalue weighted by Crippen LogP contribution is 2.34. The fourth-order valence-corrected chi connectivity index (χ4v) is 2.48. The van der Waals surface area contributed by atoms with E-state index >= 15 is 0 Å². The summed E-state index contributed by atoms with van der Waals surface area (Å²) in [6.45, 7) is 2.17. The molecule has 0 radical (unpaired) electrons. The SMILES string of the molecule is CC(CCc1ccc(O)cc1)NC(=O)Nc1ccc2c(c1)OCO2. The van der Waals surface area contributed by atoms with Crippen molar-refractivity contribution in [3.8, 4) is 17.2 Å². The minimum absolute atomic E-state index is 0.0211. The molecule has 2 aromatic rings. The Hall–Kier alpha value is -2.89. The van der Waals surface area contributed by atoms with Crippen molar-refractivity contribution in [1.29, 1.82) is 0 Å². The zero-order valence-electron chi connectivity index (χ0n) is 13.4. The summed E-state index contributed by atoms with van der Waals surface area (Å²) in [5.74, 6) is 1.57. The van der Waals surface area contributed by atoms with Gasteiger partial charge in [-0.1, -0.05) is 12.1 Å². The van der Waals surface area contributed by atoms with Crippen molar-refractivity contribution in [2.45, 2.75) is 25.8 Å². The number of ether oxygens (including phenoxy) is 2. The number of fused-ring (bicyclic) bond motifs is 1. The van der Waals surface area contributed by atoms with Gasteiger partial charge in [0.15, 0.2) is 11.5 Å². The number of hydrogen-bond donors (Lipinski definition) is 3. The second-order valence-electron chi connectivity index (χ2n) is 5.77. The van der Waals surface area contributed by atoms with Crippen LogP contribution < -0.4 is 20.1 Å². The number of amides is 2. The van der Waals surface area contributed by atoms with Gasteiger partial charge in [-0.3, -0.25) is 0 Å². The Morgan fingerprint density at radius 2 is 1.92 bits per heavy atom. The maximum absolute atomic E-state index is 12.1. The highest BCUT2D eigenvalue weighted by molar-refractivity contribution is 5.89. The van der Waals surface area contributed by atoms with Crippen molar-refractivity contribution in [2.24, 2.45) is 0 Å². The van der Waals surface area contributed by atoms with Crippen LogP contribution in [0.3, 0.4) is 0 Å². The molecule has 1 aliphatic heterocycles. The van der Waals surface area contributed by atoms with Crippen molar-refractivity contribution >= 4 is 11.7 Å². The van der Waals surface area contributed by atoms with Gasteiger partial charge < -0.3 is 25.2 Å². The molecule has 0 bridgehead atoms. The molecule has 0 saturated carbocycles. The van der Waals surface area contributed by atoms with Crippen LogP contribution in [0.15, 0.2) is 42.5 Å². The van der Waals surface area contributed by atoms with Crippen LogP contribution in [-0.2, 0) is 6.42 Å². The number of urea groups is 1. The monoisotopic (exact) mass is 328 g/mol. The average molecular weight is 328 g/mol. The Balaban J connectivity index is 1.46. The van der Waals surface area contributed by atoms with Crippen LogP contribution >= 0.6 is 0 Å². The molecule has 3 rings (SSSR count). The lowest BCUT2D eigenvalue weighted by molar-refractivity contribution is 0.174. The van der Waals surface area contributed by atoms with Gasteiger partial charge in [0.2, 0.25) is 6.79 Å². The third-order valence-electron chi connectivity index (χ3n) is 3.81. The van der Waals surface area contributed by atoms with Crippen LogP contribution in [0.4, 0.5) is 10.5 Å². The van der Waals surface area contributed by atoms with Gasteiger partial charge in [-0.15, -0.1) is 0 Å². The molecule has 1 aliphatic rings. The molecule has 0 spiro atoms. The summed E-state index contributed by atoms with van der Waals surface area (Å²) >= 11 is 0. The van der Waals surface area contributed by atoms with Gasteiger partial charge in [-0.2, -0.15) is 0 Å². The molecule has 1 atom stereocenters. The first-order chi connectivity index (χ1) is 11.6. The Bertz CT molecular complexity index is 715. The minimum Gasteiger partial charge on any atom is -0.508 e. The highest BCUT2D eigenvalue weighted by atomic mass is 16.7. The molecular weight excluding hydrogens is 308 g/mol. The molecule has 3 N–H and O–H groups in total. The van der Waals surface area contributed by atoms with E-state index in [4.69, 9.17) is 9.47 Å². The molecule has 24 heavy (non-hydrogen) atoms. The molecule has 0 aromatic heterocycles. The normalized spacial score (nSPS) is 13.4. The zero-order valence-corrected chi connectivity index (χ0v) is 13.4. The summed E-state index contributed by atoms with van der Waals surface area (Å²) < 4.78 is 10.5. The first-order valence-electron chi connectivity index (χ1n) is 7.85. The molecule has 2 amide bonds. The van der Waals surface area contributed by atoms with E-state index in [2.05, 4.69) is 10.6 Å². The zero-order chi connectivity index (χ0) is 16.9. The second-order valence-corrected chi connectivity index (χ2v) is 5.77. The number of nitrogens with one attached hydrogen (secondary N) is 2.